The Kier molecular flexibility index (Phi) is 4.60. The molecule has 0 bridgehead atoms. The fourth-order valence-electron chi connectivity index (χ4n) is 4.35. The van der Waals surface area contributed by atoms with Crippen LogP contribution in [-0.2, 0) is 4.79 Å². The summed E-state index contributed by atoms with van der Waals surface area (Å²) < 4.78 is 0. The van der Waals surface area contributed by atoms with E-state index < -0.39 is 0 Å². The summed E-state index contributed by atoms with van der Waals surface area (Å²) in [5.41, 5.74) is 2.47. The predicted octanol–water partition coefficient (Wildman–Crippen LogP) is 3.83. The zero-order chi connectivity index (χ0) is 18.9. The highest BCUT2D eigenvalue weighted by Gasteiger charge is 2.48. The minimum Gasteiger partial charge on any atom is -0.345 e. The summed E-state index contributed by atoms with van der Waals surface area (Å²) in [7, 11) is 1.86. The molecule has 5 nitrogen and oxygen atoms in total. The number of anilines is 1. The van der Waals surface area contributed by atoms with Crippen LogP contribution in [0.1, 0.15) is 19.3 Å². The minimum atomic E-state index is -0.386. The second-order valence-corrected chi connectivity index (χ2v) is 7.62. The van der Waals surface area contributed by atoms with E-state index in [1.807, 2.05) is 66.5 Å². The Morgan fingerprint density at radius 2 is 1.74 bits per heavy atom. The molecule has 2 fully saturated rings. The molecule has 0 saturated carbocycles. The lowest BCUT2D eigenvalue weighted by Gasteiger charge is -2.37. The van der Waals surface area contributed by atoms with Gasteiger partial charge in [0.15, 0.2) is 0 Å². The molecule has 1 N–H and O–H groups in total. The molecule has 0 aliphatic carbocycles. The molecule has 140 valence electrons. The molecule has 2 saturated heterocycles. The summed E-state index contributed by atoms with van der Waals surface area (Å²) in [6.07, 6.45) is 2.64. The first-order valence-electron chi connectivity index (χ1n) is 9.55. The standard InChI is InChI=1S/C22H25N3O2/c1-24-14-7-12-22(20(24)26)13-15-25(16-22)21(27)23-19-11-6-5-10-18(19)17-8-3-2-4-9-17/h2-6,8-11H,7,12-16H2,1H3,(H,23,27). The third kappa shape index (κ3) is 3.29. The molecule has 4 rings (SSSR count). The number of piperidine rings is 1. The SMILES string of the molecule is CN1CCCC2(CCN(C(=O)Nc3ccccc3-c3ccccc3)C2)C1=O. The van der Waals surface area contributed by atoms with Crippen LogP contribution in [0.15, 0.2) is 54.6 Å². The summed E-state index contributed by atoms with van der Waals surface area (Å²) in [5.74, 6) is 0.189. The van der Waals surface area contributed by atoms with Crippen LogP contribution in [0.25, 0.3) is 11.1 Å². The molecule has 3 amide bonds. The Hall–Kier alpha value is -2.82. The van der Waals surface area contributed by atoms with Gasteiger partial charge in [0.05, 0.1) is 11.1 Å². The van der Waals surface area contributed by atoms with Crippen molar-refractivity contribution in [3.8, 4) is 11.1 Å². The van der Waals surface area contributed by atoms with E-state index >= 15 is 0 Å². The van der Waals surface area contributed by atoms with Gasteiger partial charge >= 0.3 is 6.03 Å². The number of carbonyl (C=O) groups is 2. The Morgan fingerprint density at radius 1 is 1.00 bits per heavy atom. The lowest BCUT2D eigenvalue weighted by Crippen LogP contribution is -2.49. The van der Waals surface area contributed by atoms with E-state index in [9.17, 15) is 9.59 Å². The third-order valence-corrected chi connectivity index (χ3v) is 5.84. The van der Waals surface area contributed by atoms with Crippen LogP contribution in [0.2, 0.25) is 0 Å². The number of amides is 3. The van der Waals surface area contributed by atoms with Crippen molar-refractivity contribution >= 4 is 17.6 Å². The highest BCUT2D eigenvalue weighted by Crippen LogP contribution is 2.40. The third-order valence-electron chi connectivity index (χ3n) is 5.84. The molecule has 2 aliphatic heterocycles. The topological polar surface area (TPSA) is 52.6 Å². The van der Waals surface area contributed by atoms with Crippen LogP contribution in [0.5, 0.6) is 0 Å². The molecule has 1 spiro atoms. The van der Waals surface area contributed by atoms with Crippen LogP contribution >= 0.6 is 0 Å². The maximum absolute atomic E-state index is 12.9. The van der Waals surface area contributed by atoms with E-state index in [0.717, 1.165) is 42.6 Å². The van der Waals surface area contributed by atoms with Crippen molar-refractivity contribution in [2.75, 3.05) is 32.0 Å². The smallest absolute Gasteiger partial charge is 0.321 e. The fraction of sp³-hybridized carbons (Fsp3) is 0.364. The number of carbonyl (C=O) groups excluding carboxylic acids is 2. The lowest BCUT2D eigenvalue weighted by molar-refractivity contribution is -0.143. The van der Waals surface area contributed by atoms with Crippen molar-refractivity contribution in [1.29, 1.82) is 0 Å². The van der Waals surface area contributed by atoms with E-state index in [0.29, 0.717) is 13.1 Å². The summed E-state index contributed by atoms with van der Waals surface area (Å²) in [6.45, 7) is 1.95. The first-order chi connectivity index (χ1) is 13.1. The molecule has 1 unspecified atom stereocenters. The Labute approximate surface area is 160 Å². The highest BCUT2D eigenvalue weighted by molar-refractivity contribution is 5.95. The fourth-order valence-corrected chi connectivity index (χ4v) is 4.35. The number of urea groups is 1. The Bertz CT molecular complexity index is 852. The van der Waals surface area contributed by atoms with Gasteiger partial charge in [0, 0.05) is 32.2 Å². The molecule has 1 atom stereocenters. The lowest BCUT2D eigenvalue weighted by atomic mass is 9.78. The van der Waals surface area contributed by atoms with Gasteiger partial charge in [-0.05, 0) is 30.9 Å². The number of nitrogens with one attached hydrogen (secondary N) is 1. The van der Waals surface area contributed by atoms with Gasteiger partial charge in [0.25, 0.3) is 0 Å². The van der Waals surface area contributed by atoms with E-state index in [2.05, 4.69) is 5.32 Å². The first-order valence-corrected chi connectivity index (χ1v) is 9.55. The van der Waals surface area contributed by atoms with Crippen molar-refractivity contribution < 1.29 is 9.59 Å². The number of para-hydroxylation sites is 1. The molecule has 0 radical (unpaired) electrons. The quantitative estimate of drug-likeness (QED) is 0.882. The minimum absolute atomic E-state index is 0.128. The van der Waals surface area contributed by atoms with Gasteiger partial charge in [-0.2, -0.15) is 0 Å². The Balaban J connectivity index is 1.51. The predicted molar refractivity (Wildman–Crippen MR) is 106 cm³/mol. The summed E-state index contributed by atoms with van der Waals surface area (Å²) in [5, 5.41) is 3.06. The molecule has 5 heteroatoms. The highest BCUT2D eigenvalue weighted by atomic mass is 16.2. The number of nitrogens with zero attached hydrogens (tertiary/aromatic N) is 2. The van der Waals surface area contributed by atoms with Gasteiger partial charge < -0.3 is 15.1 Å². The van der Waals surface area contributed by atoms with Gasteiger partial charge in [-0.25, -0.2) is 4.79 Å². The van der Waals surface area contributed by atoms with E-state index in [-0.39, 0.29) is 17.4 Å². The van der Waals surface area contributed by atoms with Crippen molar-refractivity contribution in [2.45, 2.75) is 19.3 Å². The van der Waals surface area contributed by atoms with Crippen LogP contribution in [0, 0.1) is 5.41 Å². The zero-order valence-corrected chi connectivity index (χ0v) is 15.6. The molecule has 2 heterocycles. The summed E-state index contributed by atoms with van der Waals surface area (Å²) in [4.78, 5) is 29.2. The Morgan fingerprint density at radius 3 is 2.56 bits per heavy atom. The van der Waals surface area contributed by atoms with Gasteiger partial charge in [0.1, 0.15) is 0 Å². The maximum atomic E-state index is 12.9. The maximum Gasteiger partial charge on any atom is 0.321 e. The number of rotatable bonds is 2. The number of hydrogen-bond donors (Lipinski definition) is 1. The van der Waals surface area contributed by atoms with E-state index in [1.165, 1.54) is 0 Å². The average molecular weight is 363 g/mol. The number of likely N-dealkylation sites (tertiary alicyclic amines) is 2. The molecular weight excluding hydrogens is 338 g/mol. The molecule has 2 aliphatic rings. The molecule has 2 aromatic carbocycles. The average Bonchev–Trinajstić information content (AvgIpc) is 3.12. The number of hydrogen-bond acceptors (Lipinski definition) is 2. The van der Waals surface area contributed by atoms with Crippen LogP contribution in [0.4, 0.5) is 10.5 Å². The monoisotopic (exact) mass is 363 g/mol. The van der Waals surface area contributed by atoms with Gasteiger partial charge in [-0.15, -0.1) is 0 Å². The van der Waals surface area contributed by atoms with Crippen molar-refractivity contribution in [3.05, 3.63) is 54.6 Å². The van der Waals surface area contributed by atoms with Gasteiger partial charge in [-0.3, -0.25) is 4.79 Å². The summed E-state index contributed by atoms with van der Waals surface area (Å²) in [6, 6.07) is 17.7. The summed E-state index contributed by atoms with van der Waals surface area (Å²) >= 11 is 0. The van der Waals surface area contributed by atoms with E-state index in [1.54, 1.807) is 4.90 Å². The van der Waals surface area contributed by atoms with Gasteiger partial charge in [0.2, 0.25) is 5.91 Å². The second-order valence-electron chi connectivity index (χ2n) is 7.62. The van der Waals surface area contributed by atoms with Crippen molar-refractivity contribution in [3.63, 3.8) is 0 Å². The van der Waals surface area contributed by atoms with Crippen LogP contribution in [0.3, 0.4) is 0 Å². The van der Waals surface area contributed by atoms with E-state index in [4.69, 9.17) is 0 Å². The molecule has 2 aromatic rings. The normalized spacial score (nSPS) is 22.3. The molecule has 0 aromatic heterocycles. The first kappa shape index (κ1) is 17.6. The molecular formula is C22H25N3O2. The van der Waals surface area contributed by atoms with Crippen LogP contribution < -0.4 is 5.32 Å². The zero-order valence-electron chi connectivity index (χ0n) is 15.6. The molecule has 27 heavy (non-hydrogen) atoms. The largest absolute Gasteiger partial charge is 0.345 e. The van der Waals surface area contributed by atoms with Crippen molar-refractivity contribution in [2.24, 2.45) is 5.41 Å². The number of benzene rings is 2. The van der Waals surface area contributed by atoms with Gasteiger partial charge in [-0.1, -0.05) is 48.5 Å². The van der Waals surface area contributed by atoms with Crippen LogP contribution in [-0.4, -0.2) is 48.4 Å². The van der Waals surface area contributed by atoms with Crippen molar-refractivity contribution in [1.82, 2.24) is 9.80 Å². The second kappa shape index (κ2) is 7.06.